The van der Waals surface area contributed by atoms with Crippen molar-refractivity contribution in [3.63, 3.8) is 0 Å². The molecule has 0 radical (unpaired) electrons. The van der Waals surface area contributed by atoms with E-state index < -0.39 is 0 Å². The molecule has 56 valence electrons. The van der Waals surface area contributed by atoms with E-state index in [1.165, 1.54) is 6.42 Å². The van der Waals surface area contributed by atoms with Crippen LogP contribution in [-0.2, 0) is 0 Å². The molecule has 0 spiro atoms. The van der Waals surface area contributed by atoms with Crippen LogP contribution in [0.4, 0.5) is 0 Å². The Morgan fingerprint density at radius 1 is 1.00 bits per heavy atom. The second-order valence-electron chi connectivity index (χ2n) is 4.46. The molecule has 0 nitrogen and oxygen atoms in total. The lowest BCUT2D eigenvalue weighted by molar-refractivity contribution is 0.347. The zero-order valence-electron chi connectivity index (χ0n) is 7.09. The van der Waals surface area contributed by atoms with Crippen LogP contribution in [0.3, 0.4) is 0 Å². The predicted octanol–water partition coefficient (Wildman–Crippen LogP) is 3.64. The molecular formula is C8H17I. The van der Waals surface area contributed by atoms with Gasteiger partial charge < -0.3 is 0 Å². The minimum absolute atomic E-state index is 0.454. The molecule has 1 heteroatoms. The van der Waals surface area contributed by atoms with Gasteiger partial charge in [0.15, 0.2) is 0 Å². The molecule has 0 N–H and O–H groups in total. The van der Waals surface area contributed by atoms with Gasteiger partial charge in [-0.3, -0.25) is 0 Å². The van der Waals surface area contributed by atoms with Gasteiger partial charge in [-0.1, -0.05) is 57.2 Å². The van der Waals surface area contributed by atoms with Crippen molar-refractivity contribution in [1.82, 2.24) is 0 Å². The van der Waals surface area contributed by atoms with Crippen LogP contribution in [0.25, 0.3) is 0 Å². The molecule has 0 saturated carbocycles. The van der Waals surface area contributed by atoms with Gasteiger partial charge in [-0.15, -0.1) is 0 Å². The third-order valence-corrected chi connectivity index (χ3v) is 1.33. The summed E-state index contributed by atoms with van der Waals surface area (Å²) >= 11 is 2.50. The predicted molar refractivity (Wildman–Crippen MR) is 52.2 cm³/mol. The maximum atomic E-state index is 2.50. The fraction of sp³-hybridized carbons (Fsp3) is 1.00. The summed E-state index contributed by atoms with van der Waals surface area (Å²) < 4.78 is 0.454. The molecule has 0 aromatic rings. The summed E-state index contributed by atoms with van der Waals surface area (Å²) in [7, 11) is 0. The minimum atomic E-state index is 0.454. The lowest BCUT2D eigenvalue weighted by Crippen LogP contribution is -2.19. The zero-order chi connectivity index (χ0) is 7.71. The van der Waals surface area contributed by atoms with E-state index in [-0.39, 0.29) is 0 Å². The van der Waals surface area contributed by atoms with Crippen LogP contribution in [0.5, 0.6) is 0 Å². The Balaban J connectivity index is 3.75. The average Bonchev–Trinajstić information content (AvgIpc) is 1.14. The smallest absolute Gasteiger partial charge is 0.0171 e. The van der Waals surface area contributed by atoms with Crippen molar-refractivity contribution in [1.29, 1.82) is 0 Å². The van der Waals surface area contributed by atoms with Crippen LogP contribution in [0.2, 0.25) is 0 Å². The fourth-order valence-electron chi connectivity index (χ4n) is 1.26. The zero-order valence-corrected chi connectivity index (χ0v) is 9.24. The van der Waals surface area contributed by atoms with Gasteiger partial charge in [-0.05, 0) is 11.8 Å². The Kier molecular flexibility index (Phi) is 2.99. The number of hydrogen-bond donors (Lipinski definition) is 0. The molecule has 0 atom stereocenters. The topological polar surface area (TPSA) is 0 Å². The highest BCUT2D eigenvalue weighted by Gasteiger charge is 2.21. The van der Waals surface area contributed by atoms with Crippen molar-refractivity contribution in [2.24, 2.45) is 5.41 Å². The van der Waals surface area contributed by atoms with Crippen molar-refractivity contribution in [2.75, 3.05) is 0 Å². The normalized spacial score (nSPS) is 14.0. The van der Waals surface area contributed by atoms with E-state index in [9.17, 15) is 0 Å². The molecule has 0 fully saturated rings. The van der Waals surface area contributed by atoms with E-state index in [1.54, 1.807) is 0 Å². The van der Waals surface area contributed by atoms with E-state index >= 15 is 0 Å². The van der Waals surface area contributed by atoms with Crippen molar-refractivity contribution < 1.29 is 0 Å². The molecule has 0 bridgehead atoms. The van der Waals surface area contributed by atoms with Crippen molar-refractivity contribution in [2.45, 2.75) is 44.5 Å². The molecule has 0 aromatic heterocycles. The summed E-state index contributed by atoms with van der Waals surface area (Å²) in [6.45, 7) is 11.4. The molecule has 0 amide bonds. The van der Waals surface area contributed by atoms with Crippen molar-refractivity contribution in [3.8, 4) is 0 Å². The first-order valence-electron chi connectivity index (χ1n) is 3.40. The highest BCUT2D eigenvalue weighted by Crippen LogP contribution is 2.32. The Morgan fingerprint density at radius 3 is 1.33 bits per heavy atom. The summed E-state index contributed by atoms with van der Waals surface area (Å²) in [5.74, 6) is 0. The Bertz CT molecular complexity index is 69.7. The Labute approximate surface area is 72.6 Å². The molecule has 0 aromatic carbocycles. The molecule has 0 rings (SSSR count). The largest absolute Gasteiger partial charge is 0.0795 e. The van der Waals surface area contributed by atoms with Gasteiger partial charge in [0.2, 0.25) is 0 Å². The van der Waals surface area contributed by atoms with Gasteiger partial charge in [-0.25, -0.2) is 0 Å². The number of hydrogen-bond acceptors (Lipinski definition) is 0. The average molecular weight is 240 g/mol. The quantitative estimate of drug-likeness (QED) is 0.485. The summed E-state index contributed by atoms with van der Waals surface area (Å²) in [6.07, 6.45) is 1.28. The van der Waals surface area contributed by atoms with E-state index in [4.69, 9.17) is 0 Å². The van der Waals surface area contributed by atoms with Crippen LogP contribution in [0.15, 0.2) is 0 Å². The van der Waals surface area contributed by atoms with Gasteiger partial charge in [0, 0.05) is 3.42 Å². The fourth-order valence-corrected chi connectivity index (χ4v) is 2.41. The van der Waals surface area contributed by atoms with Crippen LogP contribution < -0.4 is 0 Å². The third kappa shape index (κ3) is 8.73. The molecular weight excluding hydrogens is 223 g/mol. The van der Waals surface area contributed by atoms with Crippen LogP contribution in [-0.4, -0.2) is 3.42 Å². The van der Waals surface area contributed by atoms with E-state index in [0.717, 1.165) is 0 Å². The molecule has 0 heterocycles. The van der Waals surface area contributed by atoms with Gasteiger partial charge >= 0.3 is 0 Å². The van der Waals surface area contributed by atoms with E-state index in [1.807, 2.05) is 0 Å². The van der Waals surface area contributed by atoms with Crippen molar-refractivity contribution >= 4 is 22.6 Å². The second kappa shape index (κ2) is 2.77. The molecule has 0 aliphatic heterocycles. The molecule has 9 heavy (non-hydrogen) atoms. The lowest BCUT2D eigenvalue weighted by atomic mass is 9.86. The highest BCUT2D eigenvalue weighted by molar-refractivity contribution is 14.1. The number of rotatable bonds is 1. The molecule has 0 saturated heterocycles. The second-order valence-corrected chi connectivity index (χ2v) is 7.38. The standard InChI is InChI=1S/C8H17I/c1-7(2,3)6-8(4,5)9/h6H2,1-5H3. The monoisotopic (exact) mass is 240 g/mol. The first-order chi connectivity index (χ1) is 3.71. The summed E-state index contributed by atoms with van der Waals surface area (Å²) in [4.78, 5) is 0. The lowest BCUT2D eigenvalue weighted by Gasteiger charge is -2.26. The van der Waals surface area contributed by atoms with Crippen molar-refractivity contribution in [3.05, 3.63) is 0 Å². The SMILES string of the molecule is CC(C)(C)CC(C)(C)I. The number of alkyl halides is 1. The first kappa shape index (κ1) is 9.73. The third-order valence-electron chi connectivity index (χ3n) is 0.951. The Morgan fingerprint density at radius 2 is 1.33 bits per heavy atom. The maximum absolute atomic E-state index is 2.50. The van der Waals surface area contributed by atoms with E-state index in [2.05, 4.69) is 57.2 Å². The van der Waals surface area contributed by atoms with Crippen LogP contribution in [0.1, 0.15) is 41.0 Å². The van der Waals surface area contributed by atoms with Crippen LogP contribution >= 0.6 is 22.6 Å². The molecule has 0 unspecified atom stereocenters. The highest BCUT2D eigenvalue weighted by atomic mass is 127. The number of halogens is 1. The summed E-state index contributed by atoms with van der Waals surface area (Å²) in [5, 5.41) is 0. The van der Waals surface area contributed by atoms with Crippen LogP contribution in [0, 0.1) is 5.41 Å². The van der Waals surface area contributed by atoms with E-state index in [0.29, 0.717) is 8.84 Å². The minimum Gasteiger partial charge on any atom is -0.0795 e. The Hall–Kier alpha value is 0.730. The summed E-state index contributed by atoms with van der Waals surface area (Å²) in [5.41, 5.74) is 0.477. The van der Waals surface area contributed by atoms with Gasteiger partial charge in [0.1, 0.15) is 0 Å². The van der Waals surface area contributed by atoms with Gasteiger partial charge in [0.05, 0.1) is 0 Å². The molecule has 0 aliphatic carbocycles. The maximum Gasteiger partial charge on any atom is 0.0171 e. The first-order valence-corrected chi connectivity index (χ1v) is 4.47. The van der Waals surface area contributed by atoms with Gasteiger partial charge in [-0.2, -0.15) is 0 Å². The summed E-state index contributed by atoms with van der Waals surface area (Å²) in [6, 6.07) is 0. The molecule has 0 aliphatic rings. The van der Waals surface area contributed by atoms with Gasteiger partial charge in [0.25, 0.3) is 0 Å².